The average Bonchev–Trinajstić information content (AvgIpc) is 2.45. The largest absolute Gasteiger partial charge is 0.335 e. The third-order valence-electron chi connectivity index (χ3n) is 3.21. The van der Waals surface area contributed by atoms with E-state index in [2.05, 4.69) is 4.98 Å². The fraction of sp³-hybridized carbons (Fsp3) is 0.200. The van der Waals surface area contributed by atoms with E-state index in [0.717, 1.165) is 5.56 Å². The lowest BCUT2D eigenvalue weighted by Gasteiger charge is -2.25. The number of aromatic nitrogens is 1. The van der Waals surface area contributed by atoms with Gasteiger partial charge in [-0.1, -0.05) is 35.3 Å². The van der Waals surface area contributed by atoms with E-state index in [0.29, 0.717) is 15.7 Å². The molecule has 0 fully saturated rings. The van der Waals surface area contributed by atoms with E-state index in [4.69, 9.17) is 23.2 Å². The Hall–Kier alpha value is -1.58. The summed E-state index contributed by atoms with van der Waals surface area (Å²) in [6, 6.07) is 10.6. The monoisotopic (exact) mass is 308 g/mol. The Morgan fingerprint density at radius 2 is 2.00 bits per heavy atom. The molecule has 0 N–H and O–H groups in total. The van der Waals surface area contributed by atoms with Crippen LogP contribution in [-0.4, -0.2) is 22.8 Å². The number of hydrogen-bond acceptors (Lipinski definition) is 2. The molecule has 0 saturated carbocycles. The minimum Gasteiger partial charge on any atom is -0.335 e. The van der Waals surface area contributed by atoms with Gasteiger partial charge in [0.2, 0.25) is 0 Å². The normalized spacial score (nSPS) is 12.0. The number of benzene rings is 1. The predicted octanol–water partition coefficient (Wildman–Crippen LogP) is 4.22. The lowest BCUT2D eigenvalue weighted by atomic mass is 10.1. The van der Waals surface area contributed by atoms with Crippen molar-refractivity contribution in [2.75, 3.05) is 7.05 Å². The highest BCUT2D eigenvalue weighted by Gasteiger charge is 2.19. The van der Waals surface area contributed by atoms with Crippen molar-refractivity contribution in [1.29, 1.82) is 0 Å². The zero-order valence-electron chi connectivity index (χ0n) is 11.2. The molecule has 0 radical (unpaired) electrons. The van der Waals surface area contributed by atoms with Crippen LogP contribution in [0.2, 0.25) is 10.2 Å². The Morgan fingerprint density at radius 1 is 1.25 bits per heavy atom. The molecule has 1 amide bonds. The van der Waals surface area contributed by atoms with Gasteiger partial charge < -0.3 is 4.90 Å². The molecule has 1 atom stereocenters. The van der Waals surface area contributed by atoms with Crippen LogP contribution in [0.5, 0.6) is 0 Å². The number of rotatable bonds is 3. The molecule has 2 aromatic rings. The number of pyridine rings is 1. The molecule has 104 valence electrons. The average molecular weight is 309 g/mol. The van der Waals surface area contributed by atoms with Crippen LogP contribution in [0.15, 0.2) is 42.6 Å². The van der Waals surface area contributed by atoms with E-state index >= 15 is 0 Å². The zero-order chi connectivity index (χ0) is 14.7. The first-order valence-corrected chi connectivity index (χ1v) is 6.89. The van der Waals surface area contributed by atoms with Crippen LogP contribution < -0.4 is 0 Å². The summed E-state index contributed by atoms with van der Waals surface area (Å²) < 4.78 is 0. The lowest BCUT2D eigenvalue weighted by Crippen LogP contribution is -2.29. The van der Waals surface area contributed by atoms with Crippen LogP contribution in [0.1, 0.15) is 28.9 Å². The van der Waals surface area contributed by atoms with E-state index in [9.17, 15) is 4.79 Å². The first-order valence-electron chi connectivity index (χ1n) is 6.13. The van der Waals surface area contributed by atoms with Gasteiger partial charge in [0.15, 0.2) is 0 Å². The highest BCUT2D eigenvalue weighted by molar-refractivity contribution is 6.30. The molecule has 0 spiro atoms. The number of halogens is 2. The standard InChI is InChI=1S/C15H14Cl2N2O/c1-10(11-4-3-5-13(16)8-11)19(2)15(20)12-6-7-18-14(17)9-12/h3-10H,1-2H3. The second-order valence-corrected chi connectivity index (χ2v) is 5.34. The summed E-state index contributed by atoms with van der Waals surface area (Å²) >= 11 is 11.8. The van der Waals surface area contributed by atoms with Crippen molar-refractivity contribution in [2.45, 2.75) is 13.0 Å². The van der Waals surface area contributed by atoms with Gasteiger partial charge in [0.05, 0.1) is 6.04 Å². The van der Waals surface area contributed by atoms with E-state index < -0.39 is 0 Å². The summed E-state index contributed by atoms with van der Waals surface area (Å²) in [5.74, 6) is -0.109. The Kier molecular flexibility index (Phi) is 4.63. The Bertz CT molecular complexity index is 631. The summed E-state index contributed by atoms with van der Waals surface area (Å²) in [4.78, 5) is 17.9. The number of carbonyl (C=O) groups is 1. The molecule has 2 rings (SSSR count). The molecule has 0 aliphatic rings. The van der Waals surface area contributed by atoms with Crippen LogP contribution in [0.4, 0.5) is 0 Å². The van der Waals surface area contributed by atoms with E-state index in [1.165, 1.54) is 6.20 Å². The maximum absolute atomic E-state index is 12.4. The topological polar surface area (TPSA) is 33.2 Å². The van der Waals surface area contributed by atoms with Crippen LogP contribution in [0, 0.1) is 0 Å². The van der Waals surface area contributed by atoms with Gasteiger partial charge in [-0.15, -0.1) is 0 Å². The number of amides is 1. The SMILES string of the molecule is CC(c1cccc(Cl)c1)N(C)C(=O)c1ccnc(Cl)c1. The van der Waals surface area contributed by atoms with E-state index in [-0.39, 0.29) is 11.9 Å². The number of hydrogen-bond donors (Lipinski definition) is 0. The summed E-state index contributed by atoms with van der Waals surface area (Å²) in [6.45, 7) is 1.95. The highest BCUT2D eigenvalue weighted by atomic mass is 35.5. The van der Waals surface area contributed by atoms with Gasteiger partial charge in [0.1, 0.15) is 5.15 Å². The quantitative estimate of drug-likeness (QED) is 0.795. The number of nitrogens with zero attached hydrogens (tertiary/aromatic N) is 2. The maximum atomic E-state index is 12.4. The summed E-state index contributed by atoms with van der Waals surface area (Å²) in [5, 5.41) is 0.960. The summed E-state index contributed by atoms with van der Waals surface area (Å²) in [7, 11) is 1.75. The number of carbonyl (C=O) groups excluding carboxylic acids is 1. The van der Waals surface area contributed by atoms with Crippen molar-refractivity contribution in [1.82, 2.24) is 9.88 Å². The predicted molar refractivity (Wildman–Crippen MR) is 81.2 cm³/mol. The molecule has 1 heterocycles. The zero-order valence-corrected chi connectivity index (χ0v) is 12.7. The lowest BCUT2D eigenvalue weighted by molar-refractivity contribution is 0.0742. The van der Waals surface area contributed by atoms with Gasteiger partial charge in [0, 0.05) is 23.8 Å². The summed E-state index contributed by atoms with van der Waals surface area (Å²) in [5.41, 5.74) is 1.50. The van der Waals surface area contributed by atoms with Gasteiger partial charge in [-0.2, -0.15) is 0 Å². The molecular formula is C15H14Cl2N2O. The molecule has 1 aromatic heterocycles. The molecular weight excluding hydrogens is 295 g/mol. The van der Waals surface area contributed by atoms with Crippen LogP contribution in [0.25, 0.3) is 0 Å². The first-order chi connectivity index (χ1) is 9.49. The third-order valence-corrected chi connectivity index (χ3v) is 3.65. The van der Waals surface area contributed by atoms with Crippen molar-refractivity contribution in [2.24, 2.45) is 0 Å². The second kappa shape index (κ2) is 6.25. The van der Waals surface area contributed by atoms with Gasteiger partial charge >= 0.3 is 0 Å². The second-order valence-electron chi connectivity index (χ2n) is 4.51. The maximum Gasteiger partial charge on any atom is 0.254 e. The van der Waals surface area contributed by atoms with Gasteiger partial charge in [-0.25, -0.2) is 4.98 Å². The van der Waals surface area contributed by atoms with Crippen molar-refractivity contribution < 1.29 is 4.79 Å². The van der Waals surface area contributed by atoms with Crippen LogP contribution in [0.3, 0.4) is 0 Å². The van der Waals surface area contributed by atoms with Gasteiger partial charge in [-0.05, 0) is 36.8 Å². The van der Waals surface area contributed by atoms with Crippen molar-refractivity contribution in [3.05, 3.63) is 63.9 Å². The molecule has 0 saturated heterocycles. The highest BCUT2D eigenvalue weighted by Crippen LogP contribution is 2.23. The Labute approximate surface area is 128 Å². The van der Waals surface area contributed by atoms with Crippen molar-refractivity contribution in [3.63, 3.8) is 0 Å². The molecule has 0 bridgehead atoms. The van der Waals surface area contributed by atoms with Crippen LogP contribution >= 0.6 is 23.2 Å². The molecule has 20 heavy (non-hydrogen) atoms. The fourth-order valence-electron chi connectivity index (χ4n) is 1.91. The Morgan fingerprint density at radius 3 is 2.65 bits per heavy atom. The third kappa shape index (κ3) is 3.30. The smallest absolute Gasteiger partial charge is 0.254 e. The summed E-state index contributed by atoms with van der Waals surface area (Å²) in [6.07, 6.45) is 1.52. The Balaban J connectivity index is 2.22. The molecule has 5 heteroatoms. The molecule has 1 unspecified atom stereocenters. The minimum absolute atomic E-state index is 0.0897. The molecule has 0 aliphatic carbocycles. The van der Waals surface area contributed by atoms with E-state index in [1.54, 1.807) is 24.1 Å². The van der Waals surface area contributed by atoms with Crippen molar-refractivity contribution in [3.8, 4) is 0 Å². The van der Waals surface area contributed by atoms with E-state index in [1.807, 2.05) is 31.2 Å². The van der Waals surface area contributed by atoms with Crippen molar-refractivity contribution >= 4 is 29.1 Å². The first kappa shape index (κ1) is 14.8. The van der Waals surface area contributed by atoms with Gasteiger partial charge in [0.25, 0.3) is 5.91 Å². The fourth-order valence-corrected chi connectivity index (χ4v) is 2.28. The minimum atomic E-state index is -0.109. The molecule has 3 nitrogen and oxygen atoms in total. The molecule has 0 aliphatic heterocycles. The molecule has 1 aromatic carbocycles. The van der Waals surface area contributed by atoms with Crippen LogP contribution in [-0.2, 0) is 0 Å². The van der Waals surface area contributed by atoms with Gasteiger partial charge in [-0.3, -0.25) is 4.79 Å².